The number of likely N-dealkylation sites (N-methyl/N-ethyl adjacent to an activating group) is 1. The summed E-state index contributed by atoms with van der Waals surface area (Å²) < 4.78 is 10.0. The molecule has 1 aliphatic rings. The van der Waals surface area contributed by atoms with Crippen molar-refractivity contribution in [2.24, 2.45) is 0 Å². The van der Waals surface area contributed by atoms with E-state index in [-0.39, 0.29) is 37.3 Å². The van der Waals surface area contributed by atoms with E-state index < -0.39 is 0 Å². The molecule has 2 heterocycles. The highest BCUT2D eigenvalue weighted by Gasteiger charge is 2.19. The van der Waals surface area contributed by atoms with Crippen molar-refractivity contribution >= 4 is 30.7 Å². The molecule has 0 spiro atoms. The summed E-state index contributed by atoms with van der Waals surface area (Å²) >= 11 is 0. The van der Waals surface area contributed by atoms with Crippen LogP contribution < -0.4 is 10.6 Å². The van der Waals surface area contributed by atoms with E-state index in [0.29, 0.717) is 37.3 Å². The Morgan fingerprint density at radius 3 is 2.79 bits per heavy atom. The summed E-state index contributed by atoms with van der Waals surface area (Å²) in [6.45, 7) is 3.25. The summed E-state index contributed by atoms with van der Waals surface area (Å²) in [6.07, 6.45) is 2.74. The number of hydrogen-bond donors (Lipinski definition) is 2. The van der Waals surface area contributed by atoms with Gasteiger partial charge >= 0.3 is 0 Å². The number of amides is 1. The van der Waals surface area contributed by atoms with Gasteiger partial charge in [-0.3, -0.25) is 9.69 Å². The Balaban J connectivity index is 0.00000264. The van der Waals surface area contributed by atoms with Crippen LogP contribution >= 0.6 is 24.8 Å². The topological polar surface area (TPSA) is 92.5 Å². The third-order valence-electron chi connectivity index (χ3n) is 3.80. The largest absolute Gasteiger partial charge is 0.384 e. The van der Waals surface area contributed by atoms with Crippen LogP contribution in [0, 0.1) is 0 Å². The van der Waals surface area contributed by atoms with Crippen LogP contribution in [0.25, 0.3) is 0 Å². The third kappa shape index (κ3) is 7.76. The minimum absolute atomic E-state index is 0. The van der Waals surface area contributed by atoms with Gasteiger partial charge in [0.15, 0.2) is 5.82 Å². The molecule has 0 atom stereocenters. The number of methoxy groups -OCH3 is 1. The number of ether oxygens (including phenoxy) is 1. The van der Waals surface area contributed by atoms with E-state index in [1.165, 1.54) is 0 Å². The lowest BCUT2D eigenvalue weighted by Gasteiger charge is -2.30. The number of carbonyl (C=O) groups is 1. The SMILES string of the molecule is COCCc1nc(CNC(=O)CN(C)C2CCNCC2)no1.Cl.Cl. The first kappa shape index (κ1) is 23.1. The zero-order valence-corrected chi connectivity index (χ0v) is 15.8. The van der Waals surface area contributed by atoms with Gasteiger partial charge in [-0.25, -0.2) is 0 Å². The van der Waals surface area contributed by atoms with Gasteiger partial charge in [0, 0.05) is 13.2 Å². The molecule has 2 N–H and O–H groups in total. The lowest BCUT2D eigenvalue weighted by atomic mass is 10.1. The first-order chi connectivity index (χ1) is 10.7. The van der Waals surface area contributed by atoms with Gasteiger partial charge in [0.1, 0.15) is 0 Å². The van der Waals surface area contributed by atoms with E-state index in [9.17, 15) is 4.79 Å². The summed E-state index contributed by atoms with van der Waals surface area (Å²) in [6, 6.07) is 0.470. The van der Waals surface area contributed by atoms with Gasteiger partial charge in [-0.1, -0.05) is 5.16 Å². The zero-order chi connectivity index (χ0) is 15.8. The van der Waals surface area contributed by atoms with E-state index in [1.54, 1.807) is 7.11 Å². The van der Waals surface area contributed by atoms with E-state index in [0.717, 1.165) is 25.9 Å². The Labute approximate surface area is 154 Å². The number of piperidine rings is 1. The number of carbonyl (C=O) groups excluding carboxylic acids is 1. The van der Waals surface area contributed by atoms with Gasteiger partial charge in [-0.15, -0.1) is 24.8 Å². The highest BCUT2D eigenvalue weighted by Crippen LogP contribution is 2.09. The van der Waals surface area contributed by atoms with Crippen molar-refractivity contribution in [3.8, 4) is 0 Å². The minimum Gasteiger partial charge on any atom is -0.384 e. The number of nitrogens with one attached hydrogen (secondary N) is 2. The summed E-state index contributed by atoms with van der Waals surface area (Å²) in [5, 5.41) is 9.98. The number of rotatable bonds is 8. The molecule has 0 radical (unpaired) electrons. The summed E-state index contributed by atoms with van der Waals surface area (Å²) in [5.74, 6) is 0.992. The highest BCUT2D eigenvalue weighted by molar-refractivity contribution is 5.85. The minimum atomic E-state index is -0.0238. The monoisotopic (exact) mass is 383 g/mol. The van der Waals surface area contributed by atoms with Gasteiger partial charge in [0.25, 0.3) is 0 Å². The van der Waals surface area contributed by atoms with E-state index in [4.69, 9.17) is 9.26 Å². The number of nitrogens with zero attached hydrogens (tertiary/aromatic N) is 3. The Hall–Kier alpha value is -0.930. The second kappa shape index (κ2) is 12.4. The van der Waals surface area contributed by atoms with Crippen LogP contribution in [-0.4, -0.2) is 67.4 Å². The normalized spacial score (nSPS) is 14.8. The zero-order valence-electron chi connectivity index (χ0n) is 14.1. The summed E-state index contributed by atoms with van der Waals surface area (Å²) in [7, 11) is 3.61. The molecule has 140 valence electrons. The second-order valence-electron chi connectivity index (χ2n) is 5.52. The first-order valence-electron chi connectivity index (χ1n) is 7.67. The Morgan fingerprint density at radius 1 is 1.42 bits per heavy atom. The van der Waals surface area contributed by atoms with E-state index >= 15 is 0 Å². The molecule has 0 saturated carbocycles. The average molecular weight is 384 g/mol. The number of aromatic nitrogens is 2. The number of hydrogen-bond acceptors (Lipinski definition) is 7. The molecule has 0 aromatic carbocycles. The maximum Gasteiger partial charge on any atom is 0.234 e. The Morgan fingerprint density at radius 2 is 2.12 bits per heavy atom. The van der Waals surface area contributed by atoms with Crippen molar-refractivity contribution in [2.75, 3.05) is 40.4 Å². The van der Waals surface area contributed by atoms with Gasteiger partial charge in [0.05, 0.1) is 26.1 Å². The molecule has 1 aliphatic heterocycles. The summed E-state index contributed by atoms with van der Waals surface area (Å²) in [5.41, 5.74) is 0. The van der Waals surface area contributed by atoms with Crippen LogP contribution in [0.4, 0.5) is 0 Å². The smallest absolute Gasteiger partial charge is 0.234 e. The first-order valence-corrected chi connectivity index (χ1v) is 7.67. The van der Waals surface area contributed by atoms with Crippen LogP contribution in [0.3, 0.4) is 0 Å². The molecule has 1 aromatic rings. The molecule has 8 nitrogen and oxygen atoms in total. The third-order valence-corrected chi connectivity index (χ3v) is 3.80. The molecule has 1 aromatic heterocycles. The van der Waals surface area contributed by atoms with Crippen molar-refractivity contribution in [1.82, 2.24) is 25.7 Å². The molecule has 2 rings (SSSR count). The van der Waals surface area contributed by atoms with E-state index in [2.05, 4.69) is 25.7 Å². The fraction of sp³-hybridized carbons (Fsp3) is 0.786. The van der Waals surface area contributed by atoms with Gasteiger partial charge < -0.3 is 19.9 Å². The molecule has 0 bridgehead atoms. The molecule has 10 heteroatoms. The van der Waals surface area contributed by atoms with Crippen molar-refractivity contribution in [1.29, 1.82) is 0 Å². The second-order valence-corrected chi connectivity index (χ2v) is 5.52. The van der Waals surface area contributed by atoms with Gasteiger partial charge in [-0.2, -0.15) is 4.98 Å². The predicted octanol–water partition coefficient (Wildman–Crippen LogP) is 0.402. The fourth-order valence-electron chi connectivity index (χ4n) is 2.49. The molecule has 1 saturated heterocycles. The van der Waals surface area contributed by atoms with Crippen LogP contribution in [0.1, 0.15) is 24.6 Å². The lowest BCUT2D eigenvalue weighted by molar-refractivity contribution is -0.122. The van der Waals surface area contributed by atoms with Crippen molar-refractivity contribution < 1.29 is 14.1 Å². The van der Waals surface area contributed by atoms with Crippen LogP contribution in [0.5, 0.6) is 0 Å². The molecular weight excluding hydrogens is 357 g/mol. The Bertz CT molecular complexity index is 469. The maximum atomic E-state index is 12.0. The fourth-order valence-corrected chi connectivity index (χ4v) is 2.49. The van der Waals surface area contributed by atoms with Crippen LogP contribution in [0.15, 0.2) is 4.52 Å². The van der Waals surface area contributed by atoms with Crippen molar-refractivity contribution in [2.45, 2.75) is 31.8 Å². The van der Waals surface area contributed by atoms with Gasteiger partial charge in [-0.05, 0) is 33.0 Å². The standard InChI is InChI=1S/C14H25N5O3.2ClH/c1-19(11-3-6-15-7-4-11)10-13(20)16-9-12-17-14(22-18-12)5-8-21-2;;/h11,15H,3-10H2,1-2H3,(H,16,20);2*1H. The van der Waals surface area contributed by atoms with Crippen molar-refractivity contribution in [3.63, 3.8) is 0 Å². The molecule has 1 fully saturated rings. The highest BCUT2D eigenvalue weighted by atomic mass is 35.5. The quantitative estimate of drug-likeness (QED) is 0.670. The molecule has 1 amide bonds. The Kier molecular flexibility index (Phi) is 12.0. The maximum absolute atomic E-state index is 12.0. The van der Waals surface area contributed by atoms with E-state index in [1.807, 2.05) is 7.05 Å². The van der Waals surface area contributed by atoms with Crippen LogP contribution in [-0.2, 0) is 22.5 Å². The van der Waals surface area contributed by atoms with Gasteiger partial charge in [0.2, 0.25) is 11.8 Å². The molecular formula is C14H27Cl2N5O3. The van der Waals surface area contributed by atoms with Crippen molar-refractivity contribution in [3.05, 3.63) is 11.7 Å². The average Bonchev–Trinajstić information content (AvgIpc) is 2.99. The number of halogens is 2. The molecule has 0 unspecified atom stereocenters. The molecule has 24 heavy (non-hydrogen) atoms. The van der Waals surface area contributed by atoms with Crippen LogP contribution in [0.2, 0.25) is 0 Å². The molecule has 0 aliphatic carbocycles. The predicted molar refractivity (Wildman–Crippen MR) is 94.7 cm³/mol. The lowest BCUT2D eigenvalue weighted by Crippen LogP contribution is -2.45. The summed E-state index contributed by atoms with van der Waals surface area (Å²) in [4.78, 5) is 18.3.